The summed E-state index contributed by atoms with van der Waals surface area (Å²) in [4.78, 5) is 0. The zero-order valence-electron chi connectivity index (χ0n) is 10.4. The second-order valence-electron chi connectivity index (χ2n) is 4.67. The van der Waals surface area contributed by atoms with Crippen LogP contribution in [0.1, 0.15) is 16.7 Å². The highest BCUT2D eigenvalue weighted by Gasteiger charge is 2.06. The van der Waals surface area contributed by atoms with Crippen molar-refractivity contribution in [3.63, 3.8) is 0 Å². The van der Waals surface area contributed by atoms with Gasteiger partial charge in [0.15, 0.2) is 0 Å². The summed E-state index contributed by atoms with van der Waals surface area (Å²) < 4.78 is 0. The van der Waals surface area contributed by atoms with Crippen LogP contribution in [0.15, 0.2) is 48.5 Å². The lowest BCUT2D eigenvalue weighted by atomic mass is 10.0. The Labute approximate surface area is 113 Å². The molecule has 0 bridgehead atoms. The molecular weight excluding hydrogens is 244 g/mol. The van der Waals surface area contributed by atoms with Crippen LogP contribution in [-0.4, -0.2) is 11.2 Å². The van der Waals surface area contributed by atoms with Gasteiger partial charge in [-0.05, 0) is 43.0 Å². The fourth-order valence-corrected chi connectivity index (χ4v) is 2.09. The lowest BCUT2D eigenvalue weighted by Crippen LogP contribution is -2.13. The van der Waals surface area contributed by atoms with E-state index in [0.717, 1.165) is 10.6 Å². The first-order valence-corrected chi connectivity index (χ1v) is 6.49. The molecular formula is C16H17ClO. The second-order valence-corrected chi connectivity index (χ2v) is 5.11. The van der Waals surface area contributed by atoms with E-state index in [1.807, 2.05) is 24.3 Å². The molecule has 2 rings (SSSR count). The zero-order chi connectivity index (χ0) is 13.0. The fourth-order valence-electron chi connectivity index (χ4n) is 1.96. The predicted molar refractivity (Wildman–Crippen MR) is 76.0 cm³/mol. The number of benzene rings is 2. The average molecular weight is 261 g/mol. The van der Waals surface area contributed by atoms with Crippen molar-refractivity contribution in [2.45, 2.75) is 25.9 Å². The zero-order valence-corrected chi connectivity index (χ0v) is 11.2. The van der Waals surface area contributed by atoms with Crippen LogP contribution in [0.5, 0.6) is 0 Å². The first-order chi connectivity index (χ1) is 8.63. The Hall–Kier alpha value is -1.31. The Balaban J connectivity index is 1.94. The fraction of sp³-hybridized carbons (Fsp3) is 0.250. The summed E-state index contributed by atoms with van der Waals surface area (Å²) in [7, 11) is 0. The van der Waals surface area contributed by atoms with E-state index in [9.17, 15) is 5.11 Å². The molecule has 0 aliphatic carbocycles. The van der Waals surface area contributed by atoms with Crippen LogP contribution in [0.4, 0.5) is 0 Å². The standard InChI is InChI=1S/C16H17ClO/c1-12-2-4-13(5-3-12)10-16(18)11-14-6-8-15(17)9-7-14/h2-9,16,18H,10-11H2,1H3. The number of halogens is 1. The predicted octanol–water partition coefficient (Wildman–Crippen LogP) is 3.79. The highest BCUT2D eigenvalue weighted by molar-refractivity contribution is 6.30. The van der Waals surface area contributed by atoms with Crippen molar-refractivity contribution < 1.29 is 5.11 Å². The molecule has 0 aliphatic heterocycles. The molecule has 2 aromatic rings. The van der Waals surface area contributed by atoms with Crippen molar-refractivity contribution in [1.82, 2.24) is 0 Å². The molecule has 0 saturated heterocycles. The van der Waals surface area contributed by atoms with Gasteiger partial charge >= 0.3 is 0 Å². The molecule has 0 spiro atoms. The Kier molecular flexibility index (Phi) is 4.40. The molecule has 1 nitrogen and oxygen atoms in total. The van der Waals surface area contributed by atoms with Crippen molar-refractivity contribution in [3.05, 3.63) is 70.2 Å². The maximum atomic E-state index is 10.1. The van der Waals surface area contributed by atoms with E-state index < -0.39 is 0 Å². The third-order valence-corrected chi connectivity index (χ3v) is 3.23. The molecule has 18 heavy (non-hydrogen) atoms. The molecule has 0 saturated carbocycles. The van der Waals surface area contributed by atoms with Crippen LogP contribution in [0.3, 0.4) is 0 Å². The monoisotopic (exact) mass is 260 g/mol. The van der Waals surface area contributed by atoms with Gasteiger partial charge in [-0.2, -0.15) is 0 Å². The van der Waals surface area contributed by atoms with Gasteiger partial charge in [0.2, 0.25) is 0 Å². The van der Waals surface area contributed by atoms with E-state index in [4.69, 9.17) is 11.6 Å². The lowest BCUT2D eigenvalue weighted by Gasteiger charge is -2.11. The largest absolute Gasteiger partial charge is 0.392 e. The minimum Gasteiger partial charge on any atom is -0.392 e. The van der Waals surface area contributed by atoms with E-state index in [2.05, 4.69) is 31.2 Å². The normalized spacial score (nSPS) is 12.4. The molecule has 0 amide bonds. The van der Waals surface area contributed by atoms with Crippen LogP contribution in [0.2, 0.25) is 5.02 Å². The molecule has 0 aliphatic rings. The Morgan fingerprint density at radius 1 is 0.889 bits per heavy atom. The molecule has 0 aromatic heterocycles. The van der Waals surface area contributed by atoms with Gasteiger partial charge in [0.05, 0.1) is 6.10 Å². The molecule has 2 aromatic carbocycles. The van der Waals surface area contributed by atoms with Gasteiger partial charge in [-0.15, -0.1) is 0 Å². The van der Waals surface area contributed by atoms with Crippen LogP contribution >= 0.6 is 11.6 Å². The first kappa shape index (κ1) is 13.1. The summed E-state index contributed by atoms with van der Waals surface area (Å²) in [6.45, 7) is 2.06. The minimum absolute atomic E-state index is 0.353. The van der Waals surface area contributed by atoms with Crippen molar-refractivity contribution in [2.75, 3.05) is 0 Å². The first-order valence-electron chi connectivity index (χ1n) is 6.11. The molecule has 94 valence electrons. The quantitative estimate of drug-likeness (QED) is 0.887. The lowest BCUT2D eigenvalue weighted by molar-refractivity contribution is 0.175. The summed E-state index contributed by atoms with van der Waals surface area (Å²) in [5.74, 6) is 0. The summed E-state index contributed by atoms with van der Waals surface area (Å²) in [5, 5.41) is 10.8. The average Bonchev–Trinajstić information content (AvgIpc) is 2.35. The summed E-state index contributed by atoms with van der Waals surface area (Å²) in [5.41, 5.74) is 3.52. The van der Waals surface area contributed by atoms with E-state index in [-0.39, 0.29) is 6.10 Å². The van der Waals surface area contributed by atoms with E-state index in [1.54, 1.807) is 0 Å². The van der Waals surface area contributed by atoms with Gasteiger partial charge in [0.1, 0.15) is 0 Å². The van der Waals surface area contributed by atoms with Gasteiger partial charge in [0.25, 0.3) is 0 Å². The molecule has 1 N–H and O–H groups in total. The number of rotatable bonds is 4. The van der Waals surface area contributed by atoms with Crippen LogP contribution in [-0.2, 0) is 12.8 Å². The molecule has 1 atom stereocenters. The number of hydrogen-bond donors (Lipinski definition) is 1. The summed E-state index contributed by atoms with van der Waals surface area (Å²) in [6, 6.07) is 15.9. The Morgan fingerprint density at radius 3 is 1.83 bits per heavy atom. The maximum absolute atomic E-state index is 10.1. The third kappa shape index (κ3) is 3.86. The number of aliphatic hydroxyl groups excluding tert-OH is 1. The number of hydrogen-bond acceptors (Lipinski definition) is 1. The highest BCUT2D eigenvalue weighted by atomic mass is 35.5. The SMILES string of the molecule is Cc1ccc(CC(O)Cc2ccc(Cl)cc2)cc1. The van der Waals surface area contributed by atoms with E-state index in [1.165, 1.54) is 11.1 Å². The van der Waals surface area contributed by atoms with Gasteiger partial charge < -0.3 is 5.11 Å². The van der Waals surface area contributed by atoms with E-state index in [0.29, 0.717) is 12.8 Å². The third-order valence-electron chi connectivity index (χ3n) is 2.98. The topological polar surface area (TPSA) is 20.2 Å². The maximum Gasteiger partial charge on any atom is 0.0620 e. The van der Waals surface area contributed by atoms with Crippen molar-refractivity contribution >= 4 is 11.6 Å². The second kappa shape index (κ2) is 6.03. The number of aryl methyl sites for hydroxylation is 1. The van der Waals surface area contributed by atoms with E-state index >= 15 is 0 Å². The minimum atomic E-state index is -0.353. The van der Waals surface area contributed by atoms with Gasteiger partial charge in [-0.1, -0.05) is 53.6 Å². The number of aliphatic hydroxyl groups is 1. The molecule has 1 unspecified atom stereocenters. The van der Waals surface area contributed by atoms with Crippen molar-refractivity contribution in [1.29, 1.82) is 0 Å². The highest BCUT2D eigenvalue weighted by Crippen LogP contribution is 2.13. The summed E-state index contributed by atoms with van der Waals surface area (Å²) in [6.07, 6.45) is 0.988. The smallest absolute Gasteiger partial charge is 0.0620 e. The summed E-state index contributed by atoms with van der Waals surface area (Å²) >= 11 is 5.83. The van der Waals surface area contributed by atoms with Crippen LogP contribution in [0.25, 0.3) is 0 Å². The van der Waals surface area contributed by atoms with Crippen molar-refractivity contribution in [3.8, 4) is 0 Å². The van der Waals surface area contributed by atoms with Crippen molar-refractivity contribution in [2.24, 2.45) is 0 Å². The van der Waals surface area contributed by atoms with Crippen LogP contribution < -0.4 is 0 Å². The van der Waals surface area contributed by atoms with Gasteiger partial charge in [0, 0.05) is 5.02 Å². The molecule has 2 heteroatoms. The molecule has 0 fully saturated rings. The Morgan fingerprint density at radius 2 is 1.33 bits per heavy atom. The Bertz CT molecular complexity index is 440. The van der Waals surface area contributed by atoms with Gasteiger partial charge in [-0.25, -0.2) is 0 Å². The molecule has 0 radical (unpaired) electrons. The van der Waals surface area contributed by atoms with Gasteiger partial charge in [-0.3, -0.25) is 0 Å². The molecule has 0 heterocycles. The van der Waals surface area contributed by atoms with Crippen LogP contribution in [0, 0.1) is 6.92 Å².